The van der Waals surface area contributed by atoms with Gasteiger partial charge in [0.2, 0.25) is 0 Å². The number of hydrogen-bond donors (Lipinski definition) is 2. The van der Waals surface area contributed by atoms with E-state index in [1.165, 1.54) is 7.11 Å². The van der Waals surface area contributed by atoms with Crippen LogP contribution in [0.4, 0.5) is 0 Å². The molecule has 1 atom stereocenters. The van der Waals surface area contributed by atoms with Gasteiger partial charge in [-0.25, -0.2) is 0 Å². The zero-order valence-electron chi connectivity index (χ0n) is 8.54. The van der Waals surface area contributed by atoms with Gasteiger partial charge in [-0.1, -0.05) is 12.1 Å². The summed E-state index contributed by atoms with van der Waals surface area (Å²) in [6.07, 6.45) is 0. The number of hydrogen-bond acceptors (Lipinski definition) is 4. The standard InChI is InChI=1S/C9H11N3O3S/c1-15-7-4-2-3-6(5-7)8-9(10)12-16(13,14)11-8/h2-5,8,11H,1H3,(H2,10,12)/t8-/m1/s1. The van der Waals surface area contributed by atoms with Crippen LogP contribution in [-0.2, 0) is 10.2 Å². The Morgan fingerprint density at radius 2 is 2.25 bits per heavy atom. The fraction of sp³-hybridized carbons (Fsp3) is 0.222. The monoisotopic (exact) mass is 241 g/mol. The highest BCUT2D eigenvalue weighted by Crippen LogP contribution is 2.23. The van der Waals surface area contributed by atoms with Gasteiger partial charge in [0, 0.05) is 0 Å². The molecule has 1 heterocycles. The topological polar surface area (TPSA) is 93.8 Å². The minimum Gasteiger partial charge on any atom is -0.497 e. The van der Waals surface area contributed by atoms with E-state index in [9.17, 15) is 8.42 Å². The van der Waals surface area contributed by atoms with Crippen molar-refractivity contribution in [1.82, 2.24) is 4.72 Å². The van der Waals surface area contributed by atoms with Crippen molar-refractivity contribution in [2.45, 2.75) is 6.04 Å². The van der Waals surface area contributed by atoms with Crippen molar-refractivity contribution in [1.29, 1.82) is 0 Å². The lowest BCUT2D eigenvalue weighted by Crippen LogP contribution is -2.28. The summed E-state index contributed by atoms with van der Waals surface area (Å²) in [4.78, 5) is 0. The van der Waals surface area contributed by atoms with Crippen LogP contribution in [-0.4, -0.2) is 21.4 Å². The number of nitrogens with zero attached hydrogens (tertiary/aromatic N) is 1. The quantitative estimate of drug-likeness (QED) is 0.758. The fourth-order valence-electron chi connectivity index (χ4n) is 1.49. The maximum Gasteiger partial charge on any atom is 0.322 e. The summed E-state index contributed by atoms with van der Waals surface area (Å²) in [6, 6.07) is 6.37. The third kappa shape index (κ3) is 2.00. The Balaban J connectivity index is 2.36. The van der Waals surface area contributed by atoms with E-state index in [0.29, 0.717) is 11.3 Å². The summed E-state index contributed by atoms with van der Waals surface area (Å²) in [6.45, 7) is 0. The van der Waals surface area contributed by atoms with E-state index >= 15 is 0 Å². The van der Waals surface area contributed by atoms with E-state index in [0.717, 1.165) is 0 Å². The fourth-order valence-corrected chi connectivity index (χ4v) is 2.48. The van der Waals surface area contributed by atoms with E-state index in [4.69, 9.17) is 10.5 Å². The molecule has 1 aliphatic heterocycles. The molecule has 7 heteroatoms. The third-order valence-electron chi connectivity index (χ3n) is 2.22. The summed E-state index contributed by atoms with van der Waals surface area (Å²) < 4.78 is 33.1. The molecule has 0 bridgehead atoms. The van der Waals surface area contributed by atoms with E-state index in [-0.39, 0.29) is 5.84 Å². The molecule has 6 nitrogen and oxygen atoms in total. The SMILES string of the molecule is COc1cccc([C@H]2NS(=O)(=O)N=C2N)c1. The van der Waals surface area contributed by atoms with Crippen molar-refractivity contribution < 1.29 is 13.2 Å². The molecular weight excluding hydrogens is 230 g/mol. The van der Waals surface area contributed by atoms with Crippen molar-refractivity contribution in [2.24, 2.45) is 10.1 Å². The largest absolute Gasteiger partial charge is 0.497 e. The van der Waals surface area contributed by atoms with Gasteiger partial charge in [-0.15, -0.1) is 4.40 Å². The third-order valence-corrected chi connectivity index (χ3v) is 3.20. The number of nitrogens with two attached hydrogens (primary N) is 1. The second kappa shape index (κ2) is 3.76. The number of amidine groups is 1. The Morgan fingerprint density at radius 3 is 2.81 bits per heavy atom. The average Bonchev–Trinajstić information content (AvgIpc) is 2.52. The molecule has 0 saturated heterocycles. The number of ether oxygens (including phenoxy) is 1. The molecule has 1 aromatic carbocycles. The predicted molar refractivity (Wildman–Crippen MR) is 59.4 cm³/mol. The Morgan fingerprint density at radius 1 is 1.50 bits per heavy atom. The van der Waals surface area contributed by atoms with Crippen molar-refractivity contribution in [3.63, 3.8) is 0 Å². The molecule has 1 aliphatic rings. The summed E-state index contributed by atoms with van der Waals surface area (Å²) in [7, 11) is -2.10. The number of nitrogens with one attached hydrogen (secondary N) is 1. The molecule has 0 unspecified atom stereocenters. The lowest BCUT2D eigenvalue weighted by molar-refractivity contribution is 0.414. The minimum atomic E-state index is -3.64. The van der Waals surface area contributed by atoms with Crippen molar-refractivity contribution in [3.05, 3.63) is 29.8 Å². The Kier molecular flexibility index (Phi) is 2.56. The highest BCUT2D eigenvalue weighted by molar-refractivity contribution is 7.88. The maximum atomic E-state index is 11.2. The van der Waals surface area contributed by atoms with Crippen LogP contribution >= 0.6 is 0 Å². The van der Waals surface area contributed by atoms with Gasteiger partial charge in [-0.05, 0) is 17.7 Å². The van der Waals surface area contributed by atoms with Gasteiger partial charge in [0.05, 0.1) is 7.11 Å². The second-order valence-corrected chi connectivity index (χ2v) is 4.69. The van der Waals surface area contributed by atoms with Crippen LogP contribution in [0.1, 0.15) is 11.6 Å². The first-order valence-electron chi connectivity index (χ1n) is 4.53. The van der Waals surface area contributed by atoms with Gasteiger partial charge in [-0.2, -0.15) is 13.1 Å². The zero-order chi connectivity index (χ0) is 11.8. The summed E-state index contributed by atoms with van der Waals surface area (Å²) in [5.74, 6) is 0.671. The van der Waals surface area contributed by atoms with Gasteiger partial charge in [0.25, 0.3) is 0 Å². The van der Waals surface area contributed by atoms with Crippen LogP contribution in [0.5, 0.6) is 5.75 Å². The lowest BCUT2D eigenvalue weighted by Gasteiger charge is -2.10. The Hall–Kier alpha value is -1.60. The van der Waals surface area contributed by atoms with Crippen LogP contribution in [0.25, 0.3) is 0 Å². The van der Waals surface area contributed by atoms with Crippen LogP contribution in [0.3, 0.4) is 0 Å². The predicted octanol–water partition coefficient (Wildman–Crippen LogP) is -0.0585. The molecule has 86 valence electrons. The van der Waals surface area contributed by atoms with Gasteiger partial charge < -0.3 is 10.5 Å². The Labute approximate surface area is 93.3 Å². The van der Waals surface area contributed by atoms with E-state index in [2.05, 4.69) is 9.12 Å². The van der Waals surface area contributed by atoms with Crippen molar-refractivity contribution >= 4 is 16.0 Å². The van der Waals surface area contributed by atoms with E-state index < -0.39 is 16.3 Å². The highest BCUT2D eigenvalue weighted by atomic mass is 32.2. The molecule has 16 heavy (non-hydrogen) atoms. The van der Waals surface area contributed by atoms with Crippen LogP contribution in [0.15, 0.2) is 28.7 Å². The van der Waals surface area contributed by atoms with Crippen molar-refractivity contribution in [3.8, 4) is 5.75 Å². The summed E-state index contributed by atoms with van der Waals surface area (Å²) in [5.41, 5.74) is 6.24. The molecule has 0 radical (unpaired) electrons. The van der Waals surface area contributed by atoms with E-state index in [1.807, 2.05) is 0 Å². The van der Waals surface area contributed by atoms with Crippen molar-refractivity contribution in [2.75, 3.05) is 7.11 Å². The number of benzene rings is 1. The second-order valence-electron chi connectivity index (χ2n) is 3.32. The maximum absolute atomic E-state index is 11.2. The summed E-state index contributed by atoms with van der Waals surface area (Å²) >= 11 is 0. The molecule has 0 fully saturated rings. The molecule has 3 N–H and O–H groups in total. The zero-order valence-corrected chi connectivity index (χ0v) is 9.36. The first kappa shape index (κ1) is 10.9. The normalized spacial score (nSPS) is 22.8. The molecule has 0 aliphatic carbocycles. The molecule has 0 amide bonds. The first-order valence-corrected chi connectivity index (χ1v) is 5.97. The molecule has 0 spiro atoms. The van der Waals surface area contributed by atoms with E-state index in [1.54, 1.807) is 24.3 Å². The molecule has 0 saturated carbocycles. The molecule has 2 rings (SSSR count). The molecular formula is C9H11N3O3S. The number of rotatable bonds is 2. The Bertz CT molecular complexity index is 539. The molecule has 0 aromatic heterocycles. The minimum absolute atomic E-state index is 0.0354. The van der Waals surface area contributed by atoms with Gasteiger partial charge in [0.1, 0.15) is 17.6 Å². The van der Waals surface area contributed by atoms with Crippen LogP contribution in [0, 0.1) is 0 Å². The molecule has 1 aromatic rings. The van der Waals surface area contributed by atoms with Gasteiger partial charge >= 0.3 is 10.2 Å². The summed E-state index contributed by atoms with van der Waals surface area (Å²) in [5, 5.41) is 0. The number of methoxy groups -OCH3 is 1. The van der Waals surface area contributed by atoms with Gasteiger partial charge in [-0.3, -0.25) is 0 Å². The van der Waals surface area contributed by atoms with Crippen LogP contribution in [0.2, 0.25) is 0 Å². The lowest BCUT2D eigenvalue weighted by atomic mass is 10.1. The van der Waals surface area contributed by atoms with Crippen LogP contribution < -0.4 is 15.2 Å². The van der Waals surface area contributed by atoms with Gasteiger partial charge in [0.15, 0.2) is 0 Å². The highest BCUT2D eigenvalue weighted by Gasteiger charge is 2.29. The average molecular weight is 241 g/mol. The first-order chi connectivity index (χ1) is 7.52. The smallest absolute Gasteiger partial charge is 0.322 e.